The molecule has 0 saturated carbocycles. The second-order valence-corrected chi connectivity index (χ2v) is 11.0. The predicted molar refractivity (Wildman–Crippen MR) is 93.6 cm³/mol. The Morgan fingerprint density at radius 2 is 1.67 bits per heavy atom. The van der Waals surface area contributed by atoms with Gasteiger partial charge in [0, 0.05) is 24.4 Å². The molecule has 1 saturated heterocycles. The maximum Gasteiger partial charge on any atom is 0.226 e. The number of hydrogen-bond donors (Lipinski definition) is 0. The highest BCUT2D eigenvalue weighted by Crippen LogP contribution is 2.38. The minimum atomic E-state index is -3.93. The Morgan fingerprint density at radius 1 is 1.08 bits per heavy atom. The van der Waals surface area contributed by atoms with Crippen molar-refractivity contribution >= 4 is 47.6 Å². The Kier molecular flexibility index (Phi) is 4.63. The van der Waals surface area contributed by atoms with Gasteiger partial charge in [-0.05, 0) is 37.1 Å². The molecule has 1 aliphatic heterocycles. The van der Waals surface area contributed by atoms with Crippen LogP contribution in [0.1, 0.15) is 12.8 Å². The monoisotopic (exact) mass is 406 g/mol. The first-order valence-corrected chi connectivity index (χ1v) is 11.7. The molecular weight excluding hydrogens is 392 g/mol. The molecule has 1 aliphatic rings. The first-order chi connectivity index (χ1) is 11.2. The van der Waals surface area contributed by atoms with Gasteiger partial charge in [0.2, 0.25) is 24.0 Å². The zero-order chi connectivity index (χ0) is 17.5. The molecule has 0 radical (unpaired) electrons. The molecule has 0 N–H and O–H groups in total. The van der Waals surface area contributed by atoms with E-state index in [0.717, 1.165) is 30.4 Å². The maximum absolute atomic E-state index is 12.9. The Morgan fingerprint density at radius 3 is 2.21 bits per heavy atom. The van der Waals surface area contributed by atoms with Crippen LogP contribution in [0.4, 0.5) is 5.00 Å². The molecular formula is C14H15ClN2O4S3. The summed E-state index contributed by atoms with van der Waals surface area (Å²) in [6.07, 6.45) is 2.90. The molecule has 0 amide bonds. The molecule has 130 valence electrons. The molecule has 0 atom stereocenters. The molecule has 0 bridgehead atoms. The summed E-state index contributed by atoms with van der Waals surface area (Å²) in [5, 5.41) is 0.615. The van der Waals surface area contributed by atoms with E-state index < -0.39 is 19.7 Å². The summed E-state index contributed by atoms with van der Waals surface area (Å²) in [5.74, 6) is 0. The van der Waals surface area contributed by atoms with Crippen LogP contribution in [0.2, 0.25) is 5.02 Å². The molecule has 1 fully saturated rings. The number of benzene rings is 1. The average molecular weight is 407 g/mol. The van der Waals surface area contributed by atoms with Crippen molar-refractivity contribution < 1.29 is 16.8 Å². The minimum absolute atomic E-state index is 0.0395. The number of rotatable bonds is 4. The van der Waals surface area contributed by atoms with Gasteiger partial charge in [0.25, 0.3) is 0 Å². The lowest BCUT2D eigenvalue weighted by atomic mass is 10.4. The molecule has 2 aromatic rings. The van der Waals surface area contributed by atoms with Crippen LogP contribution in [0.25, 0.3) is 0 Å². The summed E-state index contributed by atoms with van der Waals surface area (Å²) >= 11 is 6.72. The van der Waals surface area contributed by atoms with E-state index in [1.165, 1.54) is 24.3 Å². The fraction of sp³-hybridized carbons (Fsp3) is 0.357. The quantitative estimate of drug-likeness (QED) is 0.775. The number of thiazole rings is 1. The molecule has 3 rings (SSSR count). The summed E-state index contributed by atoms with van der Waals surface area (Å²) < 4.78 is 49.4. The second-order valence-electron chi connectivity index (χ2n) is 5.51. The number of hydrogen-bond acceptors (Lipinski definition) is 7. The average Bonchev–Trinajstić information content (AvgIpc) is 3.16. The zero-order valence-corrected chi connectivity index (χ0v) is 16.0. The van der Waals surface area contributed by atoms with Crippen LogP contribution in [0, 0.1) is 0 Å². The van der Waals surface area contributed by atoms with Crippen LogP contribution in [-0.4, -0.2) is 41.2 Å². The molecule has 6 nitrogen and oxygen atoms in total. The van der Waals surface area contributed by atoms with Gasteiger partial charge in [-0.15, -0.1) is 0 Å². The summed E-state index contributed by atoms with van der Waals surface area (Å²) in [5.41, 5.74) is 0. The third kappa shape index (κ3) is 3.30. The van der Waals surface area contributed by atoms with Gasteiger partial charge in [0.15, 0.2) is 5.03 Å². The first-order valence-electron chi connectivity index (χ1n) is 7.16. The molecule has 10 heteroatoms. The molecule has 1 aromatic carbocycles. The van der Waals surface area contributed by atoms with Gasteiger partial charge in [-0.2, -0.15) is 0 Å². The van der Waals surface area contributed by atoms with Crippen LogP contribution < -0.4 is 4.90 Å². The SMILES string of the molecule is CS(=O)(=O)c1nc(S(=O)(=O)c2ccc(Cl)cc2)c(N2CCCC2)s1. The van der Waals surface area contributed by atoms with Crippen molar-refractivity contribution in [3.05, 3.63) is 29.3 Å². The Balaban J connectivity index is 2.18. The third-order valence-corrected chi connectivity index (χ3v) is 8.51. The highest BCUT2D eigenvalue weighted by atomic mass is 35.5. The lowest BCUT2D eigenvalue weighted by Crippen LogP contribution is -2.19. The highest BCUT2D eigenvalue weighted by Gasteiger charge is 2.32. The van der Waals surface area contributed by atoms with E-state index in [-0.39, 0.29) is 14.3 Å². The largest absolute Gasteiger partial charge is 0.361 e. The van der Waals surface area contributed by atoms with Crippen LogP contribution in [0.15, 0.2) is 38.5 Å². The van der Waals surface area contributed by atoms with Gasteiger partial charge in [-0.1, -0.05) is 22.9 Å². The first kappa shape index (κ1) is 17.7. The van der Waals surface area contributed by atoms with Gasteiger partial charge in [-0.25, -0.2) is 21.8 Å². The van der Waals surface area contributed by atoms with Gasteiger partial charge in [0.05, 0.1) is 4.90 Å². The number of halogens is 1. The van der Waals surface area contributed by atoms with Crippen molar-refractivity contribution in [2.75, 3.05) is 24.2 Å². The molecule has 24 heavy (non-hydrogen) atoms. The van der Waals surface area contributed by atoms with Gasteiger partial charge in [0.1, 0.15) is 5.00 Å². The Bertz CT molecular complexity index is 960. The van der Waals surface area contributed by atoms with Gasteiger partial charge >= 0.3 is 0 Å². The lowest BCUT2D eigenvalue weighted by Gasteiger charge is -2.16. The smallest absolute Gasteiger partial charge is 0.226 e. The van der Waals surface area contributed by atoms with Crippen molar-refractivity contribution in [3.63, 3.8) is 0 Å². The molecule has 0 unspecified atom stereocenters. The van der Waals surface area contributed by atoms with E-state index in [2.05, 4.69) is 4.98 Å². The zero-order valence-electron chi connectivity index (χ0n) is 12.8. The third-order valence-electron chi connectivity index (χ3n) is 3.65. The summed E-state index contributed by atoms with van der Waals surface area (Å²) in [6.45, 7) is 1.38. The topological polar surface area (TPSA) is 84.4 Å². The molecule has 2 heterocycles. The van der Waals surface area contributed by atoms with E-state index >= 15 is 0 Å². The van der Waals surface area contributed by atoms with Crippen molar-refractivity contribution in [1.29, 1.82) is 0 Å². The normalized spacial score (nSPS) is 15.8. The minimum Gasteiger partial charge on any atom is -0.361 e. The molecule has 1 aromatic heterocycles. The lowest BCUT2D eigenvalue weighted by molar-refractivity contribution is 0.590. The van der Waals surface area contributed by atoms with Crippen molar-refractivity contribution in [3.8, 4) is 0 Å². The number of sulfone groups is 2. The molecule has 0 aliphatic carbocycles. The van der Waals surface area contributed by atoms with Crippen LogP contribution in [0.5, 0.6) is 0 Å². The number of anilines is 1. The van der Waals surface area contributed by atoms with E-state index in [1.54, 1.807) is 0 Å². The van der Waals surface area contributed by atoms with E-state index in [9.17, 15) is 16.8 Å². The maximum atomic E-state index is 12.9. The fourth-order valence-electron chi connectivity index (χ4n) is 2.46. The summed E-state index contributed by atoms with van der Waals surface area (Å²) in [4.78, 5) is 5.89. The Labute approximate surface area is 149 Å². The van der Waals surface area contributed by atoms with Crippen LogP contribution >= 0.6 is 22.9 Å². The summed E-state index contributed by atoms with van der Waals surface area (Å²) in [6, 6.07) is 5.75. The number of nitrogens with zero attached hydrogens (tertiary/aromatic N) is 2. The second kappa shape index (κ2) is 6.29. The van der Waals surface area contributed by atoms with E-state index in [4.69, 9.17) is 11.6 Å². The number of aromatic nitrogens is 1. The standard InChI is InChI=1S/C14H15ClN2O4S3/c1-23(18,19)14-16-12(13(22-14)17-8-2-3-9-17)24(20,21)11-6-4-10(15)5-7-11/h4-7H,2-3,8-9H2,1H3. The van der Waals surface area contributed by atoms with Gasteiger partial charge < -0.3 is 4.90 Å². The van der Waals surface area contributed by atoms with E-state index in [0.29, 0.717) is 23.1 Å². The predicted octanol–water partition coefficient (Wildman–Crippen LogP) is 2.63. The van der Waals surface area contributed by atoms with Crippen molar-refractivity contribution in [1.82, 2.24) is 4.98 Å². The van der Waals surface area contributed by atoms with E-state index in [1.807, 2.05) is 4.90 Å². The van der Waals surface area contributed by atoms with Crippen molar-refractivity contribution in [2.24, 2.45) is 0 Å². The van der Waals surface area contributed by atoms with Crippen LogP contribution in [0.3, 0.4) is 0 Å². The highest BCUT2D eigenvalue weighted by molar-refractivity contribution is 7.93. The summed E-state index contributed by atoms with van der Waals surface area (Å²) in [7, 11) is -7.52. The Hall–Kier alpha value is -1.16. The molecule has 0 spiro atoms. The van der Waals surface area contributed by atoms with Crippen LogP contribution in [-0.2, 0) is 19.7 Å². The van der Waals surface area contributed by atoms with Crippen molar-refractivity contribution in [2.45, 2.75) is 27.1 Å². The van der Waals surface area contributed by atoms with Gasteiger partial charge in [-0.3, -0.25) is 0 Å². The fourth-order valence-corrected chi connectivity index (χ4v) is 6.29.